The Morgan fingerprint density at radius 3 is 2.32 bits per heavy atom. The van der Waals surface area contributed by atoms with Gasteiger partial charge in [-0.25, -0.2) is 21.6 Å². The highest BCUT2D eigenvalue weighted by molar-refractivity contribution is 7.92. The van der Waals surface area contributed by atoms with Crippen molar-refractivity contribution < 1.29 is 21.9 Å². The van der Waals surface area contributed by atoms with Gasteiger partial charge in [-0.15, -0.1) is 0 Å². The molecule has 1 heterocycles. The summed E-state index contributed by atoms with van der Waals surface area (Å²) in [5.41, 5.74) is 2.38. The molecule has 1 atom stereocenters. The maximum absolute atomic E-state index is 13.3. The number of nitrogens with one attached hydrogen (secondary N) is 1. The Morgan fingerprint density at radius 2 is 1.58 bits per heavy atom. The zero-order valence-corrected chi connectivity index (χ0v) is 18.6. The quantitative estimate of drug-likeness (QED) is 0.614. The third-order valence-electron chi connectivity index (χ3n) is 5.51. The number of aliphatic hydroxyl groups excluding tert-OH is 1. The van der Waals surface area contributed by atoms with Crippen LogP contribution >= 0.6 is 0 Å². The molecule has 1 aliphatic heterocycles. The van der Waals surface area contributed by atoms with Crippen molar-refractivity contribution >= 4 is 19.9 Å². The van der Waals surface area contributed by atoms with E-state index in [1.807, 2.05) is 0 Å². The first-order valence-electron chi connectivity index (χ1n) is 9.89. The molecule has 3 aromatic carbocycles. The summed E-state index contributed by atoms with van der Waals surface area (Å²) in [7, 11) is -7.89. The van der Waals surface area contributed by atoms with Gasteiger partial charge in [0.15, 0.2) is 0 Å². The second kappa shape index (κ2) is 8.20. The minimum atomic E-state index is -4.04. The fourth-order valence-corrected chi connectivity index (χ4v) is 7.04. The SMILES string of the molecule is Cc1cc2c(cc1S(=O)(=O)NCC(O)c1ccccc1)S(=O)(=O)c1ccccc1CC2. The van der Waals surface area contributed by atoms with Crippen molar-refractivity contribution in [2.45, 2.75) is 40.6 Å². The third-order valence-corrected chi connectivity index (χ3v) is 9.02. The van der Waals surface area contributed by atoms with Crippen LogP contribution in [-0.4, -0.2) is 28.5 Å². The normalized spacial score (nSPS) is 16.1. The van der Waals surface area contributed by atoms with Gasteiger partial charge in [-0.3, -0.25) is 0 Å². The summed E-state index contributed by atoms with van der Waals surface area (Å²) in [5, 5.41) is 10.3. The monoisotopic (exact) mass is 457 g/mol. The first-order chi connectivity index (χ1) is 14.7. The smallest absolute Gasteiger partial charge is 0.240 e. The van der Waals surface area contributed by atoms with Gasteiger partial charge in [0.2, 0.25) is 19.9 Å². The molecule has 0 saturated heterocycles. The third kappa shape index (κ3) is 4.16. The molecule has 0 amide bonds. The van der Waals surface area contributed by atoms with Gasteiger partial charge in [0.05, 0.1) is 20.8 Å². The maximum Gasteiger partial charge on any atom is 0.240 e. The van der Waals surface area contributed by atoms with Crippen LogP contribution in [0.25, 0.3) is 0 Å². The highest BCUT2D eigenvalue weighted by Crippen LogP contribution is 2.34. The van der Waals surface area contributed by atoms with E-state index in [0.717, 1.165) is 5.56 Å². The molecule has 0 spiro atoms. The topological polar surface area (TPSA) is 101 Å². The Bertz CT molecular complexity index is 1330. The number of sulfone groups is 1. The van der Waals surface area contributed by atoms with Crippen LogP contribution in [0, 0.1) is 6.92 Å². The van der Waals surface area contributed by atoms with E-state index in [2.05, 4.69) is 4.72 Å². The van der Waals surface area contributed by atoms with Crippen molar-refractivity contribution in [3.05, 3.63) is 89.0 Å². The van der Waals surface area contributed by atoms with Crippen molar-refractivity contribution in [2.75, 3.05) is 6.54 Å². The first-order valence-corrected chi connectivity index (χ1v) is 12.9. The predicted octanol–water partition coefficient (Wildman–Crippen LogP) is 2.94. The summed E-state index contributed by atoms with van der Waals surface area (Å²) in [6.07, 6.45) is 0.0511. The van der Waals surface area contributed by atoms with Crippen molar-refractivity contribution in [3.8, 4) is 0 Å². The molecule has 1 unspecified atom stereocenters. The second-order valence-corrected chi connectivity index (χ2v) is 11.2. The van der Waals surface area contributed by atoms with E-state index < -0.39 is 26.0 Å². The highest BCUT2D eigenvalue weighted by atomic mass is 32.2. The Labute approximate surface area is 182 Å². The molecule has 0 aliphatic carbocycles. The Morgan fingerprint density at radius 1 is 0.935 bits per heavy atom. The molecular formula is C23H23NO5S2. The van der Waals surface area contributed by atoms with Crippen molar-refractivity contribution in [2.24, 2.45) is 0 Å². The predicted molar refractivity (Wildman–Crippen MR) is 117 cm³/mol. The molecule has 1 aliphatic rings. The van der Waals surface area contributed by atoms with Crippen LogP contribution in [0.4, 0.5) is 0 Å². The number of hydrogen-bond donors (Lipinski definition) is 2. The Kier molecular flexibility index (Phi) is 5.74. The van der Waals surface area contributed by atoms with Crippen molar-refractivity contribution in [1.29, 1.82) is 0 Å². The van der Waals surface area contributed by atoms with Crippen LogP contribution < -0.4 is 4.72 Å². The molecule has 31 heavy (non-hydrogen) atoms. The number of fused-ring (bicyclic) bond motifs is 2. The Balaban J connectivity index is 1.70. The van der Waals surface area contributed by atoms with Crippen molar-refractivity contribution in [1.82, 2.24) is 4.72 Å². The van der Waals surface area contributed by atoms with Crippen molar-refractivity contribution in [3.63, 3.8) is 0 Å². The van der Waals surface area contributed by atoms with E-state index in [4.69, 9.17) is 0 Å². The van der Waals surface area contributed by atoms with E-state index in [0.29, 0.717) is 29.5 Å². The van der Waals surface area contributed by atoms with Gasteiger partial charge in [0, 0.05) is 6.54 Å². The van der Waals surface area contributed by atoms with Gasteiger partial charge >= 0.3 is 0 Å². The van der Waals surface area contributed by atoms with E-state index in [1.165, 1.54) is 6.07 Å². The standard InChI is InChI=1S/C23H23NO5S2/c1-16-13-19-12-11-18-9-5-6-10-21(18)30(26,27)23(19)14-22(16)31(28,29)24-15-20(25)17-7-3-2-4-8-17/h2-10,13-14,20,24-25H,11-12,15H2,1H3. The molecule has 3 aromatic rings. The van der Waals surface area contributed by atoms with Gasteiger partial charge in [-0.2, -0.15) is 0 Å². The molecule has 8 heteroatoms. The number of aryl methyl sites for hydroxylation is 3. The summed E-state index contributed by atoms with van der Waals surface area (Å²) in [6, 6.07) is 18.4. The summed E-state index contributed by atoms with van der Waals surface area (Å²) >= 11 is 0. The second-order valence-electron chi connectivity index (χ2n) is 7.61. The zero-order valence-electron chi connectivity index (χ0n) is 16.9. The average molecular weight is 458 g/mol. The molecule has 0 aromatic heterocycles. The van der Waals surface area contributed by atoms with Crippen LogP contribution in [0.3, 0.4) is 0 Å². The van der Waals surface area contributed by atoms with Crippen LogP contribution in [0.5, 0.6) is 0 Å². The number of aliphatic hydroxyl groups is 1. The molecule has 4 rings (SSSR count). The molecule has 0 saturated carbocycles. The van der Waals surface area contributed by atoms with Crippen LogP contribution in [-0.2, 0) is 32.7 Å². The maximum atomic E-state index is 13.3. The number of hydrogen-bond acceptors (Lipinski definition) is 5. The van der Waals surface area contributed by atoms with E-state index in [1.54, 1.807) is 67.6 Å². The average Bonchev–Trinajstić information content (AvgIpc) is 2.86. The first kappa shape index (κ1) is 21.7. The fraction of sp³-hybridized carbons (Fsp3) is 0.217. The lowest BCUT2D eigenvalue weighted by Gasteiger charge is -2.16. The summed E-state index contributed by atoms with van der Waals surface area (Å²) < 4.78 is 55.0. The van der Waals surface area contributed by atoms with Gasteiger partial charge in [0.1, 0.15) is 0 Å². The van der Waals surface area contributed by atoms with Crippen LogP contribution in [0.1, 0.15) is 28.4 Å². The minimum absolute atomic E-state index is 0.0204. The highest BCUT2D eigenvalue weighted by Gasteiger charge is 2.30. The summed E-state index contributed by atoms with van der Waals surface area (Å²) in [5.74, 6) is 0. The fourth-order valence-electron chi connectivity index (χ4n) is 3.88. The lowest BCUT2D eigenvalue weighted by atomic mass is 10.0. The molecule has 6 nitrogen and oxygen atoms in total. The lowest BCUT2D eigenvalue weighted by molar-refractivity contribution is 0.182. The van der Waals surface area contributed by atoms with E-state index in [9.17, 15) is 21.9 Å². The molecule has 2 N–H and O–H groups in total. The van der Waals surface area contributed by atoms with E-state index in [-0.39, 0.29) is 21.2 Å². The van der Waals surface area contributed by atoms with Crippen LogP contribution in [0.15, 0.2) is 81.4 Å². The molecular weight excluding hydrogens is 434 g/mol. The molecule has 0 bridgehead atoms. The largest absolute Gasteiger partial charge is 0.387 e. The number of sulfonamides is 1. The zero-order chi connectivity index (χ0) is 22.2. The van der Waals surface area contributed by atoms with Gasteiger partial charge in [-0.05, 0) is 54.2 Å². The number of rotatable bonds is 5. The van der Waals surface area contributed by atoms with Gasteiger partial charge in [0.25, 0.3) is 0 Å². The molecule has 0 radical (unpaired) electrons. The minimum Gasteiger partial charge on any atom is -0.387 e. The summed E-state index contributed by atoms with van der Waals surface area (Å²) in [4.78, 5) is 0.134. The van der Waals surface area contributed by atoms with Gasteiger partial charge in [-0.1, -0.05) is 54.6 Å². The molecule has 162 valence electrons. The van der Waals surface area contributed by atoms with Crippen LogP contribution in [0.2, 0.25) is 0 Å². The molecule has 0 fully saturated rings. The van der Waals surface area contributed by atoms with Gasteiger partial charge < -0.3 is 5.11 Å². The number of benzene rings is 3. The lowest BCUT2D eigenvalue weighted by Crippen LogP contribution is -2.29. The summed E-state index contributed by atoms with van der Waals surface area (Å²) in [6.45, 7) is 1.42. The van der Waals surface area contributed by atoms with E-state index >= 15 is 0 Å². The Hall–Kier alpha value is -2.52.